The topological polar surface area (TPSA) is 53.8 Å². The quantitative estimate of drug-likeness (QED) is 0.707. The van der Waals surface area contributed by atoms with Crippen molar-refractivity contribution < 1.29 is 13.9 Å². The maximum atomic E-state index is 13.9. The van der Waals surface area contributed by atoms with Crippen LogP contribution in [-0.2, 0) is 7.05 Å². The van der Waals surface area contributed by atoms with Gasteiger partial charge in [-0.1, -0.05) is 6.07 Å². The second-order valence-corrected chi connectivity index (χ2v) is 5.15. The average Bonchev–Trinajstić information content (AvgIpc) is 2.80. The molecule has 0 unspecified atom stereocenters. The third kappa shape index (κ3) is 2.39. The summed E-state index contributed by atoms with van der Waals surface area (Å²) >= 11 is 5.04. The van der Waals surface area contributed by atoms with Crippen LogP contribution in [0.25, 0.3) is 22.5 Å². The number of nitrogens with one attached hydrogen (secondary N) is 1. The third-order valence-corrected chi connectivity index (χ3v) is 3.72. The number of aromatic amines is 1. The fraction of sp³-hybridized carbons (Fsp3) is 0.0667. The molecule has 3 aromatic rings. The molecule has 1 aromatic heterocycles. The van der Waals surface area contributed by atoms with Crippen molar-refractivity contribution in [3.8, 4) is 28.3 Å². The lowest BCUT2D eigenvalue weighted by Gasteiger charge is -2.08. The zero-order valence-corrected chi connectivity index (χ0v) is 12.3. The Morgan fingerprint density at radius 3 is 2.55 bits per heavy atom. The van der Waals surface area contributed by atoms with E-state index in [-0.39, 0.29) is 11.3 Å². The van der Waals surface area contributed by atoms with Crippen LogP contribution in [-0.4, -0.2) is 19.9 Å². The van der Waals surface area contributed by atoms with Gasteiger partial charge in [0, 0.05) is 18.7 Å². The van der Waals surface area contributed by atoms with E-state index in [0.29, 0.717) is 21.7 Å². The van der Waals surface area contributed by atoms with E-state index in [1.165, 1.54) is 18.2 Å². The lowest BCUT2D eigenvalue weighted by Crippen LogP contribution is -1.94. The van der Waals surface area contributed by atoms with Gasteiger partial charge in [0.2, 0.25) is 0 Å². The molecule has 0 aliphatic carbocycles. The number of rotatable bonds is 2. The molecule has 1 heterocycles. The lowest BCUT2D eigenvalue weighted by atomic mass is 10.0. The SMILES string of the molecule is Cn1c(-c2cc(-c3ccc(F)cc3F)ccc2O)n[nH]c1=S. The van der Waals surface area contributed by atoms with Gasteiger partial charge in [0.15, 0.2) is 10.6 Å². The van der Waals surface area contributed by atoms with Gasteiger partial charge in [0.1, 0.15) is 17.4 Å². The summed E-state index contributed by atoms with van der Waals surface area (Å²) in [5, 5.41) is 16.7. The molecule has 0 radical (unpaired) electrons. The number of hydrogen-bond acceptors (Lipinski definition) is 3. The van der Waals surface area contributed by atoms with Crippen LogP contribution in [0, 0.1) is 16.4 Å². The molecule has 0 spiro atoms. The summed E-state index contributed by atoms with van der Waals surface area (Å²) in [7, 11) is 1.70. The summed E-state index contributed by atoms with van der Waals surface area (Å²) in [5.74, 6) is -0.906. The summed E-state index contributed by atoms with van der Waals surface area (Å²) in [4.78, 5) is 0. The predicted molar refractivity (Wildman–Crippen MR) is 80.8 cm³/mol. The fourth-order valence-corrected chi connectivity index (χ4v) is 2.33. The van der Waals surface area contributed by atoms with Crippen molar-refractivity contribution in [1.29, 1.82) is 0 Å². The minimum atomic E-state index is -0.674. The van der Waals surface area contributed by atoms with Gasteiger partial charge in [-0.3, -0.25) is 5.10 Å². The second-order valence-electron chi connectivity index (χ2n) is 4.77. The highest BCUT2D eigenvalue weighted by atomic mass is 32.1. The van der Waals surface area contributed by atoms with Crippen molar-refractivity contribution in [2.24, 2.45) is 7.05 Å². The largest absolute Gasteiger partial charge is 0.507 e. The van der Waals surface area contributed by atoms with Crippen molar-refractivity contribution in [1.82, 2.24) is 14.8 Å². The van der Waals surface area contributed by atoms with E-state index in [2.05, 4.69) is 10.2 Å². The van der Waals surface area contributed by atoms with Crippen molar-refractivity contribution in [2.75, 3.05) is 0 Å². The number of H-pyrrole nitrogens is 1. The molecule has 0 aliphatic rings. The Bertz CT molecular complexity index is 917. The maximum Gasteiger partial charge on any atom is 0.195 e. The second kappa shape index (κ2) is 5.34. The highest BCUT2D eigenvalue weighted by molar-refractivity contribution is 7.71. The molecule has 0 bridgehead atoms. The zero-order chi connectivity index (χ0) is 15.9. The molecule has 3 rings (SSSR count). The Balaban J connectivity index is 2.18. The number of nitrogens with zero attached hydrogens (tertiary/aromatic N) is 2. The van der Waals surface area contributed by atoms with Crippen molar-refractivity contribution in [2.45, 2.75) is 0 Å². The van der Waals surface area contributed by atoms with Gasteiger partial charge in [-0.2, -0.15) is 5.10 Å². The lowest BCUT2D eigenvalue weighted by molar-refractivity contribution is 0.476. The van der Waals surface area contributed by atoms with Crippen LogP contribution in [0.3, 0.4) is 0 Å². The molecule has 0 aliphatic heterocycles. The van der Waals surface area contributed by atoms with Gasteiger partial charge in [0.25, 0.3) is 0 Å². The molecule has 2 aromatic carbocycles. The van der Waals surface area contributed by atoms with Crippen LogP contribution in [0.2, 0.25) is 0 Å². The Labute approximate surface area is 129 Å². The number of hydrogen-bond donors (Lipinski definition) is 2. The van der Waals surface area contributed by atoms with E-state index in [1.54, 1.807) is 23.7 Å². The molecule has 0 saturated heterocycles. The van der Waals surface area contributed by atoms with E-state index in [4.69, 9.17) is 12.2 Å². The van der Waals surface area contributed by atoms with Gasteiger partial charge in [-0.25, -0.2) is 8.78 Å². The first-order valence-corrected chi connectivity index (χ1v) is 6.78. The maximum absolute atomic E-state index is 13.9. The number of aromatic nitrogens is 3. The predicted octanol–water partition coefficient (Wildman–Crippen LogP) is 3.80. The molecule has 112 valence electrons. The van der Waals surface area contributed by atoms with Gasteiger partial charge in [-0.15, -0.1) is 0 Å². The fourth-order valence-electron chi connectivity index (χ4n) is 2.19. The van der Waals surface area contributed by atoms with Crippen molar-refractivity contribution in [3.63, 3.8) is 0 Å². The van der Waals surface area contributed by atoms with Crippen LogP contribution in [0.5, 0.6) is 5.75 Å². The van der Waals surface area contributed by atoms with Crippen LogP contribution >= 0.6 is 12.2 Å². The highest BCUT2D eigenvalue weighted by Gasteiger charge is 2.14. The van der Waals surface area contributed by atoms with Gasteiger partial charge >= 0.3 is 0 Å². The Kier molecular flexibility index (Phi) is 3.50. The molecule has 0 atom stereocenters. The minimum Gasteiger partial charge on any atom is -0.507 e. The first-order chi connectivity index (χ1) is 10.5. The van der Waals surface area contributed by atoms with Crippen LogP contribution in [0.15, 0.2) is 36.4 Å². The zero-order valence-electron chi connectivity index (χ0n) is 11.5. The average molecular weight is 319 g/mol. The molecule has 0 fully saturated rings. The molecule has 0 saturated carbocycles. The van der Waals surface area contributed by atoms with Gasteiger partial charge in [-0.05, 0) is 42.0 Å². The van der Waals surface area contributed by atoms with Crippen LogP contribution in [0.4, 0.5) is 8.78 Å². The smallest absolute Gasteiger partial charge is 0.195 e. The number of aromatic hydroxyl groups is 1. The van der Waals surface area contributed by atoms with Crippen molar-refractivity contribution >= 4 is 12.2 Å². The number of halogens is 2. The number of phenols is 1. The van der Waals surface area contributed by atoms with E-state index in [0.717, 1.165) is 6.07 Å². The molecule has 22 heavy (non-hydrogen) atoms. The van der Waals surface area contributed by atoms with E-state index >= 15 is 0 Å². The summed E-state index contributed by atoms with van der Waals surface area (Å²) in [5.41, 5.74) is 1.13. The monoisotopic (exact) mass is 319 g/mol. The Morgan fingerprint density at radius 1 is 1.14 bits per heavy atom. The number of benzene rings is 2. The van der Waals surface area contributed by atoms with E-state index < -0.39 is 11.6 Å². The summed E-state index contributed by atoms with van der Waals surface area (Å²) in [6.45, 7) is 0. The standard InChI is InChI=1S/C15H11F2N3OS/c1-20-14(18-19-15(20)22)11-6-8(2-5-13(11)21)10-4-3-9(16)7-12(10)17/h2-7,21H,1H3,(H,19,22). The Morgan fingerprint density at radius 2 is 1.91 bits per heavy atom. The molecular weight excluding hydrogens is 308 g/mol. The summed E-state index contributed by atoms with van der Waals surface area (Å²) < 4.78 is 28.9. The van der Waals surface area contributed by atoms with E-state index in [9.17, 15) is 13.9 Å². The highest BCUT2D eigenvalue weighted by Crippen LogP contribution is 2.33. The van der Waals surface area contributed by atoms with Crippen LogP contribution in [0.1, 0.15) is 0 Å². The van der Waals surface area contributed by atoms with Crippen LogP contribution < -0.4 is 0 Å². The molecular formula is C15H11F2N3OS. The first-order valence-electron chi connectivity index (χ1n) is 6.37. The first kappa shape index (κ1) is 14.4. The van der Waals surface area contributed by atoms with Gasteiger partial charge < -0.3 is 9.67 Å². The van der Waals surface area contributed by atoms with Gasteiger partial charge in [0.05, 0.1) is 5.56 Å². The molecule has 2 N–H and O–H groups in total. The summed E-state index contributed by atoms with van der Waals surface area (Å²) in [6.07, 6.45) is 0. The molecule has 4 nitrogen and oxygen atoms in total. The molecule has 7 heteroatoms. The number of phenolic OH excluding ortho intramolecular Hbond substituents is 1. The third-order valence-electron chi connectivity index (χ3n) is 3.36. The Hall–Kier alpha value is -2.54. The summed E-state index contributed by atoms with van der Waals surface area (Å²) in [6, 6.07) is 7.92. The molecule has 0 amide bonds. The van der Waals surface area contributed by atoms with Crippen molar-refractivity contribution in [3.05, 3.63) is 52.8 Å². The van der Waals surface area contributed by atoms with E-state index in [1.807, 2.05) is 0 Å². The normalized spacial score (nSPS) is 10.9. The minimum absolute atomic E-state index is 0.0108.